The SMILES string of the molecule is CCCN(OCC)C(=O)C1=Cc2sc(CC3CCN(CCOCCOCCOCCOCCOCCOCCOCCOCCOCCOCC(C(=O)O)c4c(F)c(F)cc(F)c4F)CC3)cc2N=C(N)C1. The fourth-order valence-corrected chi connectivity index (χ4v) is 8.65. The van der Waals surface area contributed by atoms with E-state index in [9.17, 15) is 32.3 Å². The molecule has 23 heteroatoms. The number of aliphatic imine (C=N–C) groups is 1. The van der Waals surface area contributed by atoms with Crippen LogP contribution in [0.1, 0.15) is 60.8 Å². The van der Waals surface area contributed by atoms with Gasteiger partial charge in [0.1, 0.15) is 11.8 Å². The minimum atomic E-state index is -1.95. The Kier molecular flexibility index (Phi) is 30.7. The minimum Gasteiger partial charge on any atom is -0.481 e. The van der Waals surface area contributed by atoms with Crippen molar-refractivity contribution >= 4 is 40.8 Å². The van der Waals surface area contributed by atoms with Crippen LogP contribution in [0.2, 0.25) is 0 Å². The van der Waals surface area contributed by atoms with Crippen molar-refractivity contribution in [1.82, 2.24) is 9.96 Å². The van der Waals surface area contributed by atoms with E-state index in [4.69, 9.17) is 57.9 Å². The van der Waals surface area contributed by atoms with Gasteiger partial charge in [0, 0.05) is 41.6 Å². The van der Waals surface area contributed by atoms with Crippen molar-refractivity contribution in [1.29, 1.82) is 0 Å². The second-order valence-corrected chi connectivity index (χ2v) is 17.8. The molecule has 1 saturated heterocycles. The van der Waals surface area contributed by atoms with E-state index >= 15 is 0 Å². The van der Waals surface area contributed by atoms with Crippen LogP contribution in [0, 0.1) is 29.2 Å². The molecule has 3 heterocycles. The first kappa shape index (κ1) is 60.9. The highest BCUT2D eigenvalue weighted by molar-refractivity contribution is 7.13. The fourth-order valence-electron chi connectivity index (χ4n) is 7.47. The van der Waals surface area contributed by atoms with Crippen molar-refractivity contribution in [2.75, 3.05) is 165 Å². The maximum Gasteiger partial charge on any atom is 0.313 e. The number of carbonyl (C=O) groups is 2. The van der Waals surface area contributed by atoms with E-state index in [1.807, 2.05) is 19.9 Å². The Labute approximate surface area is 423 Å². The van der Waals surface area contributed by atoms with Crippen LogP contribution in [0.4, 0.5) is 23.2 Å². The van der Waals surface area contributed by atoms with Gasteiger partial charge in [-0.15, -0.1) is 11.3 Å². The largest absolute Gasteiger partial charge is 0.481 e. The summed E-state index contributed by atoms with van der Waals surface area (Å²) in [6.45, 7) is 14.2. The predicted molar refractivity (Wildman–Crippen MR) is 260 cm³/mol. The molecule has 18 nitrogen and oxygen atoms in total. The Morgan fingerprint density at radius 2 is 1.18 bits per heavy atom. The molecular weight excluding hydrogens is 977 g/mol. The monoisotopic (exact) mass is 1050 g/mol. The molecule has 3 N–H and O–H groups in total. The lowest BCUT2D eigenvalue weighted by molar-refractivity contribution is -0.180. The Bertz CT molecular complexity index is 1890. The number of benzene rings is 1. The average Bonchev–Trinajstić information content (AvgIpc) is 3.65. The molecule has 72 heavy (non-hydrogen) atoms. The summed E-state index contributed by atoms with van der Waals surface area (Å²) in [5, 5.41) is 10.7. The number of hydroxylamine groups is 2. The zero-order valence-electron chi connectivity index (χ0n) is 41.7. The van der Waals surface area contributed by atoms with Crippen LogP contribution in [-0.2, 0) is 68.2 Å². The number of likely N-dealkylation sites (tertiary alicyclic amines) is 1. The molecule has 0 aliphatic carbocycles. The molecule has 1 aromatic heterocycles. The van der Waals surface area contributed by atoms with Crippen molar-refractivity contribution in [3.63, 3.8) is 0 Å². The van der Waals surface area contributed by atoms with Gasteiger partial charge in [-0.1, -0.05) is 6.92 Å². The number of carboxylic acid groups (broad SMARTS) is 1. The number of carbonyl (C=O) groups excluding carboxylic acids is 1. The summed E-state index contributed by atoms with van der Waals surface area (Å²) in [5.41, 5.74) is 6.44. The lowest BCUT2D eigenvalue weighted by Crippen LogP contribution is -2.36. The van der Waals surface area contributed by atoms with Gasteiger partial charge in [0.2, 0.25) is 0 Å². The van der Waals surface area contributed by atoms with Crippen LogP contribution < -0.4 is 5.73 Å². The molecule has 2 aliphatic rings. The molecular formula is C49H74F4N4O14S. The molecule has 2 aromatic rings. The third kappa shape index (κ3) is 23.2. The summed E-state index contributed by atoms with van der Waals surface area (Å²) in [4.78, 5) is 39.6. The van der Waals surface area contributed by atoms with E-state index in [0.717, 1.165) is 55.9 Å². The number of aliphatic carboxylic acids is 1. The third-order valence-corrected chi connectivity index (χ3v) is 12.2. The lowest BCUT2D eigenvalue weighted by Gasteiger charge is -2.31. The number of ether oxygens (including phenoxy) is 10. The standard InChI is InChI=1S/C49H74F4N4O14S/c1-3-7-57(71-4-2)48(58)37-31-43-42(55-44(54)32-37)33-38(72-43)30-36-5-8-56(9-6-36)10-11-61-12-13-62-14-15-63-16-17-64-18-19-65-20-21-66-22-23-67-24-25-68-26-27-69-28-29-70-35-39(49(59)60)45-46(52)40(50)34-41(51)47(45)53/h31,33-34,36,39H,3-30,32,35H2,1-2H3,(H2,54,55)(H,59,60). The van der Waals surface area contributed by atoms with Crippen LogP contribution in [0.25, 0.3) is 6.08 Å². The zero-order valence-corrected chi connectivity index (χ0v) is 42.5. The average molecular weight is 1050 g/mol. The molecule has 4 rings (SSSR count). The Morgan fingerprint density at radius 3 is 1.62 bits per heavy atom. The van der Waals surface area contributed by atoms with Crippen molar-refractivity contribution in [2.45, 2.75) is 51.9 Å². The molecule has 0 saturated carbocycles. The second-order valence-electron chi connectivity index (χ2n) is 16.6. The summed E-state index contributed by atoms with van der Waals surface area (Å²) < 4.78 is 110. The van der Waals surface area contributed by atoms with Gasteiger partial charge in [0.05, 0.1) is 149 Å². The van der Waals surface area contributed by atoms with Crippen LogP contribution in [0.3, 0.4) is 0 Å². The van der Waals surface area contributed by atoms with E-state index in [-0.39, 0.29) is 38.4 Å². The minimum absolute atomic E-state index is 0.00755. The number of amides is 1. The zero-order chi connectivity index (χ0) is 51.8. The molecule has 0 spiro atoms. The van der Waals surface area contributed by atoms with Crippen molar-refractivity contribution in [3.05, 3.63) is 56.3 Å². The topological polar surface area (TPSA) is 201 Å². The van der Waals surface area contributed by atoms with E-state index in [1.54, 1.807) is 11.3 Å². The number of halogens is 4. The van der Waals surface area contributed by atoms with E-state index < -0.39 is 47.3 Å². The molecule has 0 radical (unpaired) electrons. The summed E-state index contributed by atoms with van der Waals surface area (Å²) in [5.74, 6) is -9.73. The number of nitrogens with two attached hydrogens (primary N) is 1. The van der Waals surface area contributed by atoms with Crippen LogP contribution in [0.15, 0.2) is 22.7 Å². The highest BCUT2D eigenvalue weighted by atomic mass is 32.1. The van der Waals surface area contributed by atoms with Gasteiger partial charge in [0.15, 0.2) is 23.3 Å². The number of fused-ring (bicyclic) bond motifs is 1. The quantitative estimate of drug-likeness (QED) is 0.0363. The van der Waals surface area contributed by atoms with Gasteiger partial charge < -0.3 is 63.1 Å². The molecule has 1 fully saturated rings. The predicted octanol–water partition coefficient (Wildman–Crippen LogP) is 5.56. The smallest absolute Gasteiger partial charge is 0.313 e. The highest BCUT2D eigenvalue weighted by Gasteiger charge is 2.31. The van der Waals surface area contributed by atoms with Crippen molar-refractivity contribution in [2.24, 2.45) is 16.6 Å². The molecule has 2 aliphatic heterocycles. The fraction of sp³-hybridized carbons (Fsp3) is 0.694. The molecule has 1 unspecified atom stereocenters. The lowest BCUT2D eigenvalue weighted by atomic mass is 9.93. The molecule has 0 bridgehead atoms. The molecule has 408 valence electrons. The van der Waals surface area contributed by atoms with Crippen molar-refractivity contribution in [3.8, 4) is 0 Å². The maximum absolute atomic E-state index is 14.0. The number of thiophene rings is 1. The van der Waals surface area contributed by atoms with Crippen molar-refractivity contribution < 1.29 is 84.5 Å². The van der Waals surface area contributed by atoms with Crippen LogP contribution in [0.5, 0.6) is 0 Å². The summed E-state index contributed by atoms with van der Waals surface area (Å²) >= 11 is 1.70. The maximum atomic E-state index is 14.0. The number of amidine groups is 1. The van der Waals surface area contributed by atoms with E-state index in [2.05, 4.69) is 16.0 Å². The van der Waals surface area contributed by atoms with Crippen LogP contribution in [-0.4, -0.2) is 198 Å². The molecule has 1 amide bonds. The van der Waals surface area contributed by atoms with Gasteiger partial charge in [0.25, 0.3) is 5.91 Å². The Hall–Kier alpha value is -3.69. The Balaban J connectivity index is 0.845. The van der Waals surface area contributed by atoms with Crippen LogP contribution >= 0.6 is 11.3 Å². The van der Waals surface area contributed by atoms with E-state index in [0.29, 0.717) is 136 Å². The van der Waals surface area contributed by atoms with Gasteiger partial charge in [-0.05, 0) is 63.8 Å². The number of nitrogens with zero attached hydrogens (tertiary/aromatic N) is 3. The van der Waals surface area contributed by atoms with Gasteiger partial charge in [-0.2, -0.15) is 0 Å². The summed E-state index contributed by atoms with van der Waals surface area (Å²) in [7, 11) is 0. The van der Waals surface area contributed by atoms with E-state index in [1.165, 1.54) is 9.94 Å². The number of hydrogen-bond acceptors (Lipinski definition) is 17. The van der Waals surface area contributed by atoms with Gasteiger partial charge in [-0.25, -0.2) is 27.6 Å². The Morgan fingerprint density at radius 1 is 0.722 bits per heavy atom. The number of piperidine rings is 1. The summed E-state index contributed by atoms with van der Waals surface area (Å²) in [6.07, 6.45) is 6.28. The first-order valence-electron chi connectivity index (χ1n) is 24.7. The summed E-state index contributed by atoms with van der Waals surface area (Å²) in [6, 6.07) is 2.14. The van der Waals surface area contributed by atoms with Gasteiger partial charge in [-0.3, -0.25) is 14.4 Å². The molecule has 1 atom stereocenters. The van der Waals surface area contributed by atoms with Gasteiger partial charge >= 0.3 is 5.97 Å². The number of rotatable bonds is 41. The number of carboxylic acids is 1. The first-order chi connectivity index (χ1) is 35.0. The third-order valence-electron chi connectivity index (χ3n) is 11.1. The molecule has 1 aromatic carbocycles. The second kappa shape index (κ2) is 36.3. The number of hydrogen-bond donors (Lipinski definition) is 2. The highest BCUT2D eigenvalue weighted by Crippen LogP contribution is 2.37. The normalized spacial score (nSPS) is 14.8. The first-order valence-corrected chi connectivity index (χ1v) is 25.5.